The Balaban J connectivity index is 0.000000845. The second-order valence-corrected chi connectivity index (χ2v) is 13.7. The van der Waals surface area contributed by atoms with Crippen molar-refractivity contribution in [1.29, 1.82) is 5.26 Å². The predicted molar refractivity (Wildman–Crippen MR) is 165 cm³/mol. The Kier molecular flexibility index (Phi) is 19.4. The molecule has 0 bridgehead atoms. The van der Waals surface area contributed by atoms with Crippen LogP contribution in [-0.2, 0) is 28.7 Å². The number of thiophene rings is 1. The number of carboxylic acid groups (broad SMARTS) is 2. The molecule has 0 fully saturated rings. The van der Waals surface area contributed by atoms with Gasteiger partial charge in [0.25, 0.3) is 10.0 Å². The van der Waals surface area contributed by atoms with Crippen molar-refractivity contribution in [3.05, 3.63) is 47.8 Å². The molecule has 3 aromatic rings. The fourth-order valence-electron chi connectivity index (χ4n) is 3.29. The summed E-state index contributed by atoms with van der Waals surface area (Å²) in [6, 6.07) is 9.97. The lowest BCUT2D eigenvalue weighted by atomic mass is 10.2. The summed E-state index contributed by atoms with van der Waals surface area (Å²) in [6.45, 7) is 1.95. The number of hydrogen-bond acceptors (Lipinski definition) is 13. The average molecular weight is 828 g/mol. The van der Waals surface area contributed by atoms with E-state index in [0.717, 1.165) is 62.2 Å². The van der Waals surface area contributed by atoms with Gasteiger partial charge in [0, 0.05) is 21.4 Å². The Morgan fingerprint density at radius 1 is 0.887 bits per heavy atom. The molecule has 294 valence electrons. The molecule has 2 aromatic carbocycles. The van der Waals surface area contributed by atoms with Gasteiger partial charge in [-0.25, -0.2) is 17.3 Å². The predicted octanol–water partition coefficient (Wildman–Crippen LogP) is 1.30. The molecule has 0 aliphatic heterocycles. The highest BCUT2D eigenvalue weighted by Gasteiger charge is 2.30. The molecule has 0 amide bonds. The summed E-state index contributed by atoms with van der Waals surface area (Å²) >= 11 is 1.04. The van der Waals surface area contributed by atoms with Crippen molar-refractivity contribution < 1.29 is 93.5 Å². The summed E-state index contributed by atoms with van der Waals surface area (Å²) in [7, 11) is -6.83. The van der Waals surface area contributed by atoms with Crippen LogP contribution in [0.3, 0.4) is 0 Å². The van der Waals surface area contributed by atoms with Gasteiger partial charge in [0.1, 0.15) is 28.0 Å². The van der Waals surface area contributed by atoms with Crippen LogP contribution in [0, 0.1) is 17.1 Å². The molecule has 0 aliphatic carbocycles. The molecule has 0 radical (unpaired) electrons. The van der Waals surface area contributed by atoms with Crippen molar-refractivity contribution in [1.82, 2.24) is 4.72 Å². The minimum Gasteiger partial charge on any atom is -0.542 e. The third-order valence-electron chi connectivity index (χ3n) is 5.75. The molecule has 0 saturated heterocycles. The number of carbonyl (C=O) groups is 2. The lowest BCUT2D eigenvalue weighted by molar-refractivity contribution is -0.369. The van der Waals surface area contributed by atoms with E-state index in [1.54, 1.807) is 18.2 Å². The molecule has 0 spiro atoms. The van der Waals surface area contributed by atoms with Crippen LogP contribution in [0.25, 0.3) is 10.1 Å². The molecule has 53 heavy (non-hydrogen) atoms. The van der Waals surface area contributed by atoms with Crippen molar-refractivity contribution >= 4 is 51.6 Å². The number of aliphatic carboxylic acids is 2. The van der Waals surface area contributed by atoms with E-state index in [0.29, 0.717) is 34.8 Å². The Hall–Kier alpha value is -4.37. The standard InChI is InChI=1S/C24H29FN4O7PS2.2C2HF3O2/c25-20-13-19(6-5-17(20)15-28)36-37(30)35-16-29-39(31,32)24-12-18-11-21(33-9-3-1-7-26)22(14-23(18)38-24)34-10-4-2-8-27;2*3-2(4,5)1(6)7/h5-6,11-14,29H,1-4,7-10,16,26-27H2;2*(H,6,7)/q+1;;. The minimum atomic E-state index is -5.19. The second-order valence-electron chi connectivity index (χ2n) is 9.78. The summed E-state index contributed by atoms with van der Waals surface area (Å²) in [5.74, 6) is -5.92. The molecule has 7 N–H and O–H groups in total. The zero-order chi connectivity index (χ0) is 40.4. The minimum absolute atomic E-state index is 0.0172. The van der Waals surface area contributed by atoms with E-state index < -0.39 is 55.1 Å². The lowest BCUT2D eigenvalue weighted by Gasteiger charge is -2.13. The number of ether oxygens (including phenoxy) is 2. The van der Waals surface area contributed by atoms with Gasteiger partial charge in [0.2, 0.25) is 0 Å². The number of carbonyl (C=O) groups excluding carboxylic acids is 2. The second kappa shape index (κ2) is 22.0. The van der Waals surface area contributed by atoms with Gasteiger partial charge in [-0.2, -0.15) is 36.3 Å². The van der Waals surface area contributed by atoms with Crippen LogP contribution in [0.5, 0.6) is 17.2 Å². The van der Waals surface area contributed by atoms with E-state index in [4.69, 9.17) is 43.6 Å². The van der Waals surface area contributed by atoms with Crippen molar-refractivity contribution in [2.75, 3.05) is 33.0 Å². The molecule has 1 heterocycles. The van der Waals surface area contributed by atoms with Gasteiger partial charge in [0.05, 0.1) is 31.9 Å². The number of benzene rings is 2. The molecule has 1 atom stereocenters. The van der Waals surface area contributed by atoms with Crippen molar-refractivity contribution in [2.24, 2.45) is 0 Å². The molecule has 25 heteroatoms. The molecular formula is C28H31F7N4O11PS2+. The van der Waals surface area contributed by atoms with Crippen LogP contribution >= 0.6 is 19.6 Å². The summed E-state index contributed by atoms with van der Waals surface area (Å²) in [5.41, 5.74) is 7.46. The average Bonchev–Trinajstić information content (AvgIpc) is 3.49. The molecule has 0 saturated carbocycles. The van der Waals surface area contributed by atoms with Gasteiger partial charge in [-0.15, -0.1) is 11.3 Å². The molecular weight excluding hydrogens is 796 g/mol. The van der Waals surface area contributed by atoms with Gasteiger partial charge in [0.15, 0.2) is 24.0 Å². The largest absolute Gasteiger partial charge is 0.751 e. The van der Waals surface area contributed by atoms with Gasteiger partial charge >= 0.3 is 20.6 Å². The molecule has 15 nitrogen and oxygen atoms in total. The summed E-state index contributed by atoms with van der Waals surface area (Å²) in [6.07, 6.45) is -6.86. The number of quaternary nitrogens is 2. The van der Waals surface area contributed by atoms with Crippen LogP contribution in [0.1, 0.15) is 31.2 Å². The zero-order valence-electron chi connectivity index (χ0n) is 27.1. The highest BCUT2D eigenvalue weighted by atomic mass is 32.2. The number of sulfonamides is 1. The Bertz CT molecular complexity index is 1770. The molecule has 0 aliphatic rings. The quantitative estimate of drug-likeness (QED) is 0.0753. The molecule has 1 aromatic heterocycles. The van der Waals surface area contributed by atoms with Crippen molar-refractivity contribution in [3.63, 3.8) is 0 Å². The number of fused-ring (bicyclic) bond motifs is 1. The first kappa shape index (κ1) is 46.7. The van der Waals surface area contributed by atoms with Crippen LogP contribution in [0.4, 0.5) is 30.7 Å². The van der Waals surface area contributed by atoms with Crippen LogP contribution in [0.2, 0.25) is 0 Å². The van der Waals surface area contributed by atoms with Gasteiger partial charge in [-0.1, -0.05) is 4.52 Å². The number of rotatable bonds is 17. The van der Waals surface area contributed by atoms with E-state index in [2.05, 4.69) is 16.2 Å². The van der Waals surface area contributed by atoms with E-state index in [1.165, 1.54) is 12.1 Å². The van der Waals surface area contributed by atoms with E-state index in [-0.39, 0.29) is 15.5 Å². The van der Waals surface area contributed by atoms with Gasteiger partial charge in [-0.05, 0) is 55.3 Å². The highest BCUT2D eigenvalue weighted by molar-refractivity contribution is 7.91. The Morgan fingerprint density at radius 2 is 1.40 bits per heavy atom. The SMILES string of the molecule is N#Cc1ccc(O[P+](=O)OCNS(=O)(=O)c2cc3cc(OCCCC[NH3+])c(OCCCC[NH3+])cc3s2)cc1F.O=C([O-])C(F)(F)F.O=C([O-])C(F)(F)F. The summed E-state index contributed by atoms with van der Waals surface area (Å²) in [5, 5.41) is 27.0. The Morgan fingerprint density at radius 3 is 1.85 bits per heavy atom. The van der Waals surface area contributed by atoms with E-state index >= 15 is 0 Å². The first-order valence-corrected chi connectivity index (χ1v) is 18.0. The number of nitriles is 1. The number of unbranched alkanes of at least 4 members (excludes halogenated alkanes) is 2. The van der Waals surface area contributed by atoms with Gasteiger partial charge in [-0.3, -0.25) is 0 Å². The lowest BCUT2D eigenvalue weighted by Crippen LogP contribution is -2.50. The maximum absolute atomic E-state index is 13.7. The number of halogens is 7. The monoisotopic (exact) mass is 827 g/mol. The number of nitrogens with zero attached hydrogens (tertiary/aromatic N) is 1. The van der Waals surface area contributed by atoms with Crippen molar-refractivity contribution in [2.45, 2.75) is 42.2 Å². The Labute approximate surface area is 301 Å². The third kappa shape index (κ3) is 17.3. The number of carboxylic acids is 2. The zero-order valence-corrected chi connectivity index (χ0v) is 29.6. The first-order valence-electron chi connectivity index (χ1n) is 14.6. The van der Waals surface area contributed by atoms with Crippen molar-refractivity contribution in [3.8, 4) is 23.3 Å². The normalized spacial score (nSPS) is 11.7. The summed E-state index contributed by atoms with van der Waals surface area (Å²) < 4.78 is 139. The number of hydrogen-bond donors (Lipinski definition) is 3. The van der Waals surface area contributed by atoms with Crippen LogP contribution in [-0.4, -0.2) is 65.7 Å². The first-order chi connectivity index (χ1) is 24.7. The van der Waals surface area contributed by atoms with Crippen LogP contribution < -0.4 is 40.4 Å². The number of nitrogens with one attached hydrogen (secondary N) is 1. The smallest absolute Gasteiger partial charge is 0.542 e. The van der Waals surface area contributed by atoms with E-state index in [9.17, 15) is 43.7 Å². The summed E-state index contributed by atoms with van der Waals surface area (Å²) in [4.78, 5) is 17.6. The fraction of sp³-hybridized carbons (Fsp3) is 0.393. The maximum Gasteiger partial charge on any atom is 0.751 e. The number of alkyl halides is 6. The van der Waals surface area contributed by atoms with Gasteiger partial charge < -0.3 is 40.7 Å². The van der Waals surface area contributed by atoms with Crippen LogP contribution in [0.15, 0.2) is 40.6 Å². The molecule has 1 unspecified atom stereocenters. The third-order valence-corrected chi connectivity index (χ3v) is 9.40. The maximum atomic E-state index is 13.7. The highest BCUT2D eigenvalue weighted by Crippen LogP contribution is 2.38. The van der Waals surface area contributed by atoms with E-state index in [1.807, 2.05) is 0 Å². The topological polar surface area (TPSA) is 259 Å². The fourth-order valence-corrected chi connectivity index (χ4v) is 6.21. The molecule has 3 rings (SSSR count).